The highest BCUT2D eigenvalue weighted by Crippen LogP contribution is 2.21. The Balaban J connectivity index is 1.63. The van der Waals surface area contributed by atoms with Crippen molar-refractivity contribution in [1.29, 1.82) is 0 Å². The first-order valence-corrected chi connectivity index (χ1v) is 8.01. The lowest BCUT2D eigenvalue weighted by Gasteiger charge is -2.15. The van der Waals surface area contributed by atoms with Crippen LogP contribution in [-0.2, 0) is 4.79 Å². The Morgan fingerprint density at radius 2 is 1.48 bits per heavy atom. The van der Waals surface area contributed by atoms with Gasteiger partial charge in [-0.25, -0.2) is 4.39 Å². The molecule has 0 saturated heterocycles. The summed E-state index contributed by atoms with van der Waals surface area (Å²) >= 11 is 0. The zero-order valence-corrected chi connectivity index (χ0v) is 13.8. The molecular formula is C21H18FNO2. The lowest BCUT2D eigenvalue weighted by Crippen LogP contribution is -2.30. The zero-order chi connectivity index (χ0) is 17.6. The number of hydrogen-bond donors (Lipinski definition) is 1. The maximum absolute atomic E-state index is 13.6. The van der Waals surface area contributed by atoms with Crippen LogP contribution in [-0.4, -0.2) is 12.0 Å². The van der Waals surface area contributed by atoms with Gasteiger partial charge in [-0.15, -0.1) is 0 Å². The first-order valence-electron chi connectivity index (χ1n) is 8.01. The van der Waals surface area contributed by atoms with Gasteiger partial charge in [-0.3, -0.25) is 4.79 Å². The van der Waals surface area contributed by atoms with Gasteiger partial charge in [-0.05, 0) is 42.3 Å². The summed E-state index contributed by atoms with van der Waals surface area (Å²) in [5, 5.41) is 2.77. The van der Waals surface area contributed by atoms with E-state index in [4.69, 9.17) is 4.74 Å². The van der Waals surface area contributed by atoms with Gasteiger partial charge in [0.25, 0.3) is 5.91 Å². The molecule has 0 aromatic heterocycles. The summed E-state index contributed by atoms with van der Waals surface area (Å²) in [7, 11) is 0. The summed E-state index contributed by atoms with van der Waals surface area (Å²) in [6.45, 7) is 1.58. The van der Waals surface area contributed by atoms with Gasteiger partial charge in [0, 0.05) is 5.69 Å². The van der Waals surface area contributed by atoms with Crippen LogP contribution in [0.3, 0.4) is 0 Å². The van der Waals surface area contributed by atoms with E-state index in [9.17, 15) is 9.18 Å². The Hall–Kier alpha value is -3.14. The Bertz CT molecular complexity index is 847. The van der Waals surface area contributed by atoms with E-state index in [0.29, 0.717) is 5.69 Å². The van der Waals surface area contributed by atoms with Crippen molar-refractivity contribution in [1.82, 2.24) is 0 Å². The number of hydrogen-bond acceptors (Lipinski definition) is 2. The van der Waals surface area contributed by atoms with E-state index in [1.54, 1.807) is 19.1 Å². The third-order valence-electron chi connectivity index (χ3n) is 3.77. The molecule has 4 heteroatoms. The minimum Gasteiger partial charge on any atom is -0.478 e. The predicted octanol–water partition coefficient (Wildman–Crippen LogP) is 4.90. The largest absolute Gasteiger partial charge is 0.478 e. The van der Waals surface area contributed by atoms with Gasteiger partial charge in [0.2, 0.25) is 0 Å². The lowest BCUT2D eigenvalue weighted by atomic mass is 10.1. The van der Waals surface area contributed by atoms with E-state index >= 15 is 0 Å². The second kappa shape index (κ2) is 7.62. The van der Waals surface area contributed by atoms with Gasteiger partial charge in [0.15, 0.2) is 17.7 Å². The van der Waals surface area contributed by atoms with Gasteiger partial charge in [0.1, 0.15) is 0 Å². The zero-order valence-electron chi connectivity index (χ0n) is 13.8. The van der Waals surface area contributed by atoms with Crippen LogP contribution in [0.25, 0.3) is 11.1 Å². The maximum atomic E-state index is 13.6. The Labute approximate surface area is 146 Å². The summed E-state index contributed by atoms with van der Waals surface area (Å²) in [5.74, 6) is -0.769. The Kier molecular flexibility index (Phi) is 5.09. The average molecular weight is 335 g/mol. The molecule has 1 atom stereocenters. The van der Waals surface area contributed by atoms with Crippen LogP contribution >= 0.6 is 0 Å². The van der Waals surface area contributed by atoms with Gasteiger partial charge < -0.3 is 10.1 Å². The molecule has 25 heavy (non-hydrogen) atoms. The number of para-hydroxylation sites is 1. The molecule has 1 unspecified atom stereocenters. The third kappa shape index (κ3) is 4.23. The number of anilines is 1. The number of amides is 1. The molecule has 3 rings (SSSR count). The Morgan fingerprint density at radius 1 is 0.880 bits per heavy atom. The fourth-order valence-electron chi connectivity index (χ4n) is 2.40. The molecule has 1 N–H and O–H groups in total. The van der Waals surface area contributed by atoms with E-state index in [1.165, 1.54) is 12.1 Å². The molecule has 0 aliphatic rings. The molecule has 3 aromatic rings. The SMILES string of the molecule is CC(Oc1ccccc1F)C(=O)Nc1ccc(-c2ccccc2)cc1. The third-order valence-corrected chi connectivity index (χ3v) is 3.77. The standard InChI is InChI=1S/C21H18FNO2/c1-15(25-20-10-6-5-9-19(20)22)21(24)23-18-13-11-17(12-14-18)16-7-3-2-4-8-16/h2-15H,1H3,(H,23,24). The van der Waals surface area contributed by atoms with Crippen molar-refractivity contribution in [2.75, 3.05) is 5.32 Å². The molecule has 0 radical (unpaired) electrons. The molecule has 0 spiro atoms. The number of benzene rings is 3. The highest BCUT2D eigenvalue weighted by molar-refractivity contribution is 5.94. The predicted molar refractivity (Wildman–Crippen MR) is 97.0 cm³/mol. The van der Waals surface area contributed by atoms with Crippen molar-refractivity contribution in [2.45, 2.75) is 13.0 Å². The lowest BCUT2D eigenvalue weighted by molar-refractivity contribution is -0.122. The summed E-state index contributed by atoms with van der Waals surface area (Å²) in [4.78, 5) is 12.2. The van der Waals surface area contributed by atoms with E-state index < -0.39 is 11.9 Å². The Morgan fingerprint density at radius 3 is 2.16 bits per heavy atom. The second-order valence-electron chi connectivity index (χ2n) is 5.62. The van der Waals surface area contributed by atoms with Gasteiger partial charge in [-0.1, -0.05) is 54.6 Å². The quantitative estimate of drug-likeness (QED) is 0.720. The van der Waals surface area contributed by atoms with Crippen LogP contribution in [0.4, 0.5) is 10.1 Å². The summed E-state index contributed by atoms with van der Waals surface area (Å²) in [6, 6.07) is 23.5. The molecule has 126 valence electrons. The number of halogens is 1. The normalized spacial score (nSPS) is 11.6. The van der Waals surface area contributed by atoms with Crippen molar-refractivity contribution in [3.63, 3.8) is 0 Å². The van der Waals surface area contributed by atoms with Crippen LogP contribution in [0.1, 0.15) is 6.92 Å². The monoisotopic (exact) mass is 335 g/mol. The smallest absolute Gasteiger partial charge is 0.265 e. The first-order chi connectivity index (χ1) is 12.1. The highest BCUT2D eigenvalue weighted by Gasteiger charge is 2.16. The molecule has 0 saturated carbocycles. The van der Waals surface area contributed by atoms with Crippen molar-refractivity contribution in [2.24, 2.45) is 0 Å². The number of nitrogens with one attached hydrogen (secondary N) is 1. The highest BCUT2D eigenvalue weighted by atomic mass is 19.1. The van der Waals surface area contributed by atoms with E-state index in [-0.39, 0.29) is 11.7 Å². The van der Waals surface area contributed by atoms with Crippen molar-refractivity contribution >= 4 is 11.6 Å². The van der Waals surface area contributed by atoms with Crippen LogP contribution in [0.2, 0.25) is 0 Å². The minimum atomic E-state index is -0.814. The number of ether oxygens (including phenoxy) is 1. The van der Waals surface area contributed by atoms with Gasteiger partial charge in [-0.2, -0.15) is 0 Å². The maximum Gasteiger partial charge on any atom is 0.265 e. The second-order valence-corrected chi connectivity index (χ2v) is 5.62. The van der Waals surface area contributed by atoms with Crippen LogP contribution in [0.5, 0.6) is 5.75 Å². The molecule has 3 aromatic carbocycles. The number of carbonyl (C=O) groups excluding carboxylic acids is 1. The summed E-state index contributed by atoms with van der Waals surface area (Å²) in [5.41, 5.74) is 2.83. The minimum absolute atomic E-state index is 0.0598. The molecule has 1 amide bonds. The van der Waals surface area contributed by atoms with Gasteiger partial charge in [0.05, 0.1) is 0 Å². The fourth-order valence-corrected chi connectivity index (χ4v) is 2.40. The van der Waals surface area contributed by atoms with E-state index in [0.717, 1.165) is 11.1 Å². The van der Waals surface area contributed by atoms with Crippen molar-refractivity contribution in [3.8, 4) is 16.9 Å². The van der Waals surface area contributed by atoms with Crippen LogP contribution in [0.15, 0.2) is 78.9 Å². The molecule has 0 fully saturated rings. The summed E-state index contributed by atoms with van der Waals surface area (Å²) < 4.78 is 19.0. The topological polar surface area (TPSA) is 38.3 Å². The molecule has 3 nitrogen and oxygen atoms in total. The average Bonchev–Trinajstić information content (AvgIpc) is 2.65. The molecule has 0 heterocycles. The fraction of sp³-hybridized carbons (Fsp3) is 0.0952. The van der Waals surface area contributed by atoms with E-state index in [2.05, 4.69) is 5.32 Å². The molecule has 0 aliphatic heterocycles. The molecule has 0 aliphatic carbocycles. The van der Waals surface area contributed by atoms with Crippen LogP contribution in [0, 0.1) is 5.82 Å². The molecule has 0 bridgehead atoms. The van der Waals surface area contributed by atoms with Crippen molar-refractivity contribution in [3.05, 3.63) is 84.7 Å². The molecular weight excluding hydrogens is 317 g/mol. The van der Waals surface area contributed by atoms with Gasteiger partial charge >= 0.3 is 0 Å². The first kappa shape index (κ1) is 16.7. The summed E-state index contributed by atoms with van der Waals surface area (Å²) in [6.07, 6.45) is -0.814. The number of rotatable bonds is 5. The number of carbonyl (C=O) groups is 1. The van der Waals surface area contributed by atoms with Crippen LogP contribution < -0.4 is 10.1 Å². The van der Waals surface area contributed by atoms with E-state index in [1.807, 2.05) is 54.6 Å². The van der Waals surface area contributed by atoms with Crippen molar-refractivity contribution < 1.29 is 13.9 Å².